The third-order valence-corrected chi connectivity index (χ3v) is 4.52. The van der Waals surface area contributed by atoms with Crippen molar-refractivity contribution >= 4 is 5.91 Å². The molecule has 4 nitrogen and oxygen atoms in total. The highest BCUT2D eigenvalue weighted by molar-refractivity contribution is 5.83. The number of likely N-dealkylation sites (N-methyl/N-ethyl adjacent to an activating group) is 1. The highest BCUT2D eigenvalue weighted by atomic mass is 16.5. The molecule has 1 amide bonds. The highest BCUT2D eigenvalue weighted by Gasteiger charge is 2.42. The van der Waals surface area contributed by atoms with Gasteiger partial charge in [-0.05, 0) is 38.8 Å². The molecule has 0 aromatic carbocycles. The van der Waals surface area contributed by atoms with Gasteiger partial charge in [0, 0.05) is 13.7 Å². The van der Waals surface area contributed by atoms with Crippen LogP contribution in [-0.4, -0.2) is 50.2 Å². The van der Waals surface area contributed by atoms with E-state index in [1.54, 1.807) is 0 Å². The molecule has 0 radical (unpaired) electrons. The molecule has 1 atom stereocenters. The summed E-state index contributed by atoms with van der Waals surface area (Å²) in [5, 5.41) is 3.37. The van der Waals surface area contributed by atoms with Gasteiger partial charge < -0.3 is 15.0 Å². The predicted molar refractivity (Wildman–Crippen MR) is 71.4 cm³/mol. The first kappa shape index (κ1) is 13.8. The van der Waals surface area contributed by atoms with Crippen molar-refractivity contribution in [3.05, 3.63) is 0 Å². The molecular formula is C14H26N2O2. The second-order valence-corrected chi connectivity index (χ2v) is 5.71. The summed E-state index contributed by atoms with van der Waals surface area (Å²) >= 11 is 0. The molecule has 0 aliphatic carbocycles. The van der Waals surface area contributed by atoms with Crippen molar-refractivity contribution in [3.8, 4) is 0 Å². The number of carbonyl (C=O) groups is 1. The Morgan fingerprint density at radius 2 is 2.17 bits per heavy atom. The Bertz CT molecular complexity index is 276. The van der Waals surface area contributed by atoms with Crippen molar-refractivity contribution in [2.24, 2.45) is 5.41 Å². The molecule has 0 saturated carbocycles. The van der Waals surface area contributed by atoms with Crippen LogP contribution in [-0.2, 0) is 9.53 Å². The van der Waals surface area contributed by atoms with Gasteiger partial charge in [0.25, 0.3) is 0 Å². The lowest BCUT2D eigenvalue weighted by atomic mass is 9.74. The topological polar surface area (TPSA) is 41.6 Å². The Balaban J connectivity index is 2.06. The van der Waals surface area contributed by atoms with E-state index in [1.807, 2.05) is 11.9 Å². The summed E-state index contributed by atoms with van der Waals surface area (Å²) in [6.45, 7) is 5.63. The number of hydrogen-bond donors (Lipinski definition) is 1. The molecule has 0 aromatic rings. The van der Waals surface area contributed by atoms with Crippen molar-refractivity contribution in [3.63, 3.8) is 0 Å². The molecular weight excluding hydrogens is 228 g/mol. The van der Waals surface area contributed by atoms with Gasteiger partial charge in [0.15, 0.2) is 0 Å². The van der Waals surface area contributed by atoms with Gasteiger partial charge in [0.2, 0.25) is 5.91 Å². The van der Waals surface area contributed by atoms with Crippen LogP contribution in [0.3, 0.4) is 0 Å². The van der Waals surface area contributed by atoms with Crippen molar-refractivity contribution in [1.82, 2.24) is 10.2 Å². The Hall–Kier alpha value is -0.610. The van der Waals surface area contributed by atoms with Gasteiger partial charge in [-0.1, -0.05) is 13.3 Å². The summed E-state index contributed by atoms with van der Waals surface area (Å²) in [5.41, 5.74) is -0.114. The van der Waals surface area contributed by atoms with Gasteiger partial charge in [-0.25, -0.2) is 0 Å². The van der Waals surface area contributed by atoms with Crippen molar-refractivity contribution < 1.29 is 9.53 Å². The standard InChI is InChI=1S/C14H26N2O2/c1-3-5-14(6-8-15-9-7-14)13(17)16(2)12-4-10-18-11-12/h12,15H,3-11H2,1-2H3. The van der Waals surface area contributed by atoms with Crippen LogP contribution < -0.4 is 5.32 Å². The van der Waals surface area contributed by atoms with E-state index in [1.165, 1.54) is 0 Å². The van der Waals surface area contributed by atoms with Gasteiger partial charge in [0.1, 0.15) is 0 Å². The van der Waals surface area contributed by atoms with Crippen LogP contribution in [0.15, 0.2) is 0 Å². The van der Waals surface area contributed by atoms with E-state index in [-0.39, 0.29) is 5.41 Å². The molecule has 2 aliphatic rings. The second kappa shape index (κ2) is 6.02. The first-order valence-electron chi connectivity index (χ1n) is 7.25. The van der Waals surface area contributed by atoms with E-state index >= 15 is 0 Å². The molecule has 2 fully saturated rings. The first-order valence-corrected chi connectivity index (χ1v) is 7.25. The van der Waals surface area contributed by atoms with Crippen LogP contribution in [0.25, 0.3) is 0 Å². The zero-order chi connectivity index (χ0) is 13.0. The minimum atomic E-state index is -0.114. The largest absolute Gasteiger partial charge is 0.379 e. The molecule has 2 saturated heterocycles. The zero-order valence-corrected chi connectivity index (χ0v) is 11.7. The smallest absolute Gasteiger partial charge is 0.228 e. The number of amides is 1. The number of piperidine rings is 1. The minimum Gasteiger partial charge on any atom is -0.379 e. The normalized spacial score (nSPS) is 27.1. The van der Waals surface area contributed by atoms with E-state index in [2.05, 4.69) is 12.2 Å². The van der Waals surface area contributed by atoms with E-state index in [4.69, 9.17) is 4.74 Å². The quantitative estimate of drug-likeness (QED) is 0.824. The van der Waals surface area contributed by atoms with E-state index in [0.717, 1.165) is 51.8 Å². The summed E-state index contributed by atoms with van der Waals surface area (Å²) < 4.78 is 5.40. The fourth-order valence-electron chi connectivity index (χ4n) is 3.32. The monoisotopic (exact) mass is 254 g/mol. The third kappa shape index (κ3) is 2.69. The lowest BCUT2D eigenvalue weighted by molar-refractivity contribution is -0.145. The first-order chi connectivity index (χ1) is 8.69. The Labute approximate surface area is 110 Å². The van der Waals surface area contributed by atoms with Crippen molar-refractivity contribution in [1.29, 1.82) is 0 Å². The van der Waals surface area contributed by atoms with Crippen LogP contribution in [0.2, 0.25) is 0 Å². The van der Waals surface area contributed by atoms with E-state index < -0.39 is 0 Å². The average molecular weight is 254 g/mol. The summed E-state index contributed by atoms with van der Waals surface area (Å²) in [6.07, 6.45) is 5.06. The molecule has 2 heterocycles. The lowest BCUT2D eigenvalue weighted by Gasteiger charge is -2.40. The number of carbonyl (C=O) groups excluding carboxylic acids is 1. The molecule has 104 valence electrons. The third-order valence-electron chi connectivity index (χ3n) is 4.52. The maximum Gasteiger partial charge on any atom is 0.228 e. The summed E-state index contributed by atoms with van der Waals surface area (Å²) in [6, 6.07) is 0.293. The number of nitrogens with zero attached hydrogens (tertiary/aromatic N) is 1. The van der Waals surface area contributed by atoms with E-state index in [0.29, 0.717) is 18.6 Å². The lowest BCUT2D eigenvalue weighted by Crippen LogP contribution is -2.51. The van der Waals surface area contributed by atoms with Crippen molar-refractivity contribution in [2.45, 2.75) is 45.1 Å². The van der Waals surface area contributed by atoms with Gasteiger partial charge in [-0.15, -0.1) is 0 Å². The maximum absolute atomic E-state index is 12.8. The highest BCUT2D eigenvalue weighted by Crippen LogP contribution is 2.36. The average Bonchev–Trinajstić information content (AvgIpc) is 2.92. The Kier molecular flexibility index (Phi) is 4.62. The summed E-state index contributed by atoms with van der Waals surface area (Å²) in [5.74, 6) is 0.348. The van der Waals surface area contributed by atoms with Crippen LogP contribution in [0, 0.1) is 5.41 Å². The van der Waals surface area contributed by atoms with Crippen LogP contribution >= 0.6 is 0 Å². The Morgan fingerprint density at radius 1 is 1.44 bits per heavy atom. The molecule has 0 spiro atoms. The SMILES string of the molecule is CCCC1(C(=O)N(C)C2CCOC2)CCNCC1. The van der Waals surface area contributed by atoms with Crippen LogP contribution in [0.4, 0.5) is 0 Å². The van der Waals surface area contributed by atoms with Gasteiger partial charge in [-0.2, -0.15) is 0 Å². The number of nitrogens with one attached hydrogen (secondary N) is 1. The molecule has 1 unspecified atom stereocenters. The van der Waals surface area contributed by atoms with Gasteiger partial charge in [0.05, 0.1) is 18.1 Å². The zero-order valence-electron chi connectivity index (χ0n) is 11.7. The number of rotatable bonds is 4. The van der Waals surface area contributed by atoms with Crippen LogP contribution in [0.1, 0.15) is 39.0 Å². The predicted octanol–water partition coefficient (Wildman–Crippen LogP) is 1.40. The molecule has 18 heavy (non-hydrogen) atoms. The fourth-order valence-corrected chi connectivity index (χ4v) is 3.32. The summed E-state index contributed by atoms with van der Waals surface area (Å²) in [7, 11) is 1.96. The molecule has 0 aromatic heterocycles. The van der Waals surface area contributed by atoms with Gasteiger partial charge >= 0.3 is 0 Å². The molecule has 4 heteroatoms. The second-order valence-electron chi connectivity index (χ2n) is 5.71. The molecule has 1 N–H and O–H groups in total. The molecule has 2 rings (SSSR count). The van der Waals surface area contributed by atoms with Gasteiger partial charge in [-0.3, -0.25) is 4.79 Å². The maximum atomic E-state index is 12.8. The van der Waals surface area contributed by atoms with E-state index in [9.17, 15) is 4.79 Å². The minimum absolute atomic E-state index is 0.114. The fraction of sp³-hybridized carbons (Fsp3) is 0.929. The van der Waals surface area contributed by atoms with Crippen molar-refractivity contribution in [2.75, 3.05) is 33.4 Å². The number of ether oxygens (including phenoxy) is 1. The van der Waals surface area contributed by atoms with Crippen LogP contribution in [0.5, 0.6) is 0 Å². The number of hydrogen-bond acceptors (Lipinski definition) is 3. The Morgan fingerprint density at radius 3 is 2.72 bits per heavy atom. The molecule has 0 bridgehead atoms. The molecule has 2 aliphatic heterocycles. The summed E-state index contributed by atoms with van der Waals surface area (Å²) in [4.78, 5) is 14.8.